The van der Waals surface area contributed by atoms with Crippen LogP contribution >= 0.6 is 0 Å². The van der Waals surface area contributed by atoms with Crippen LogP contribution in [0, 0.1) is 22.7 Å². The molecule has 0 unspecified atom stereocenters. The van der Waals surface area contributed by atoms with Gasteiger partial charge in [-0.1, -0.05) is 0 Å². The fourth-order valence-electron chi connectivity index (χ4n) is 0.735. The minimum absolute atomic E-state index is 0.778. The molecule has 0 aromatic rings. The van der Waals surface area contributed by atoms with Gasteiger partial charge in [0.1, 0.15) is 0 Å². The summed E-state index contributed by atoms with van der Waals surface area (Å²) in [6.07, 6.45) is 0. The van der Waals surface area contributed by atoms with Gasteiger partial charge >= 0.3 is 0 Å². The standard InChI is InChI=1S/C8H12N4.C4H8O2/c1-7(2,5-9)11-12-8(3,4)6-10;1-2-6-4-3-5-1/h1-4H3;1-4H2/b12-11+;. The molecule has 0 saturated carbocycles. The molecule has 0 bridgehead atoms. The Morgan fingerprint density at radius 2 is 1.06 bits per heavy atom. The average molecular weight is 252 g/mol. The number of rotatable bonds is 2. The van der Waals surface area contributed by atoms with Crippen molar-refractivity contribution in [1.29, 1.82) is 10.5 Å². The van der Waals surface area contributed by atoms with E-state index in [2.05, 4.69) is 10.2 Å². The minimum atomic E-state index is -0.839. The Bertz CT molecular complexity index is 307. The monoisotopic (exact) mass is 252 g/mol. The van der Waals surface area contributed by atoms with Gasteiger partial charge in [-0.2, -0.15) is 20.8 Å². The summed E-state index contributed by atoms with van der Waals surface area (Å²) in [6.45, 7) is 9.68. The second kappa shape index (κ2) is 7.75. The molecule has 6 nitrogen and oxygen atoms in total. The Labute approximate surface area is 108 Å². The average Bonchev–Trinajstić information content (AvgIpc) is 2.40. The fourth-order valence-corrected chi connectivity index (χ4v) is 0.735. The molecule has 1 aliphatic heterocycles. The smallest absolute Gasteiger partial charge is 0.162 e. The molecule has 0 spiro atoms. The molecule has 0 aromatic carbocycles. The quantitative estimate of drug-likeness (QED) is 0.703. The van der Waals surface area contributed by atoms with Gasteiger partial charge in [0.05, 0.1) is 38.6 Å². The molecule has 6 heteroatoms. The van der Waals surface area contributed by atoms with E-state index in [-0.39, 0.29) is 0 Å². The summed E-state index contributed by atoms with van der Waals surface area (Å²) >= 11 is 0. The third-order valence-corrected chi connectivity index (χ3v) is 1.84. The van der Waals surface area contributed by atoms with Crippen LogP contribution in [0.2, 0.25) is 0 Å². The van der Waals surface area contributed by atoms with Crippen LogP contribution in [0.25, 0.3) is 0 Å². The van der Waals surface area contributed by atoms with E-state index in [1.165, 1.54) is 0 Å². The minimum Gasteiger partial charge on any atom is -0.377 e. The lowest BCUT2D eigenvalue weighted by Crippen LogP contribution is -2.17. The Morgan fingerprint density at radius 3 is 1.22 bits per heavy atom. The van der Waals surface area contributed by atoms with Gasteiger partial charge in [-0.15, -0.1) is 0 Å². The zero-order chi connectivity index (χ0) is 14.1. The number of hydrogen-bond acceptors (Lipinski definition) is 6. The lowest BCUT2D eigenvalue weighted by molar-refractivity contribution is -0.0334. The first kappa shape index (κ1) is 16.5. The van der Waals surface area contributed by atoms with Crippen LogP contribution in [0.3, 0.4) is 0 Å². The Kier molecular flexibility index (Phi) is 7.11. The molecule has 1 rings (SSSR count). The van der Waals surface area contributed by atoms with Crippen molar-refractivity contribution in [3.8, 4) is 12.1 Å². The molecule has 1 aliphatic rings. The zero-order valence-corrected chi connectivity index (χ0v) is 11.4. The van der Waals surface area contributed by atoms with E-state index in [9.17, 15) is 0 Å². The molecule has 0 amide bonds. The summed E-state index contributed by atoms with van der Waals surface area (Å²) in [5.41, 5.74) is -1.68. The molecule has 100 valence electrons. The first-order valence-corrected chi connectivity index (χ1v) is 5.75. The molecule has 0 atom stereocenters. The van der Waals surface area contributed by atoms with Gasteiger partial charge in [-0.05, 0) is 27.7 Å². The summed E-state index contributed by atoms with van der Waals surface area (Å²) in [5.74, 6) is 0. The molecule has 1 fully saturated rings. The van der Waals surface area contributed by atoms with Crippen molar-refractivity contribution in [2.24, 2.45) is 10.2 Å². The Morgan fingerprint density at radius 1 is 0.778 bits per heavy atom. The van der Waals surface area contributed by atoms with Crippen molar-refractivity contribution in [1.82, 2.24) is 0 Å². The van der Waals surface area contributed by atoms with Crippen molar-refractivity contribution < 1.29 is 9.47 Å². The van der Waals surface area contributed by atoms with E-state index >= 15 is 0 Å². The predicted octanol–water partition coefficient (Wildman–Crippen LogP) is 2.08. The van der Waals surface area contributed by atoms with Gasteiger partial charge in [0, 0.05) is 0 Å². The second-order valence-electron chi connectivity index (χ2n) is 4.77. The normalized spacial score (nSPS) is 16.3. The number of nitriles is 2. The maximum Gasteiger partial charge on any atom is 0.162 e. The van der Waals surface area contributed by atoms with Crippen molar-refractivity contribution >= 4 is 0 Å². The summed E-state index contributed by atoms with van der Waals surface area (Å²) in [6, 6.07) is 3.94. The highest BCUT2D eigenvalue weighted by Crippen LogP contribution is 2.13. The molecule has 0 N–H and O–H groups in total. The van der Waals surface area contributed by atoms with Crippen LogP contribution < -0.4 is 0 Å². The third-order valence-electron chi connectivity index (χ3n) is 1.84. The van der Waals surface area contributed by atoms with Gasteiger partial charge in [0.25, 0.3) is 0 Å². The summed E-state index contributed by atoms with van der Waals surface area (Å²) < 4.78 is 9.89. The molecule has 0 aliphatic carbocycles. The van der Waals surface area contributed by atoms with Crippen molar-refractivity contribution in [2.75, 3.05) is 26.4 Å². The largest absolute Gasteiger partial charge is 0.377 e. The molecule has 0 radical (unpaired) electrons. The van der Waals surface area contributed by atoms with E-state index < -0.39 is 11.1 Å². The van der Waals surface area contributed by atoms with Crippen LogP contribution in [0.15, 0.2) is 10.2 Å². The fraction of sp³-hybridized carbons (Fsp3) is 0.833. The van der Waals surface area contributed by atoms with E-state index in [4.69, 9.17) is 20.0 Å². The topological polar surface area (TPSA) is 90.8 Å². The first-order chi connectivity index (χ1) is 8.33. The lowest BCUT2D eigenvalue weighted by Gasteiger charge is -2.11. The summed E-state index contributed by atoms with van der Waals surface area (Å²) in [5, 5.41) is 24.7. The Hall–Kier alpha value is -1.50. The molecule has 0 aromatic heterocycles. The van der Waals surface area contributed by atoms with E-state index in [1.807, 2.05) is 12.1 Å². The maximum atomic E-state index is 8.58. The highest BCUT2D eigenvalue weighted by atomic mass is 16.6. The van der Waals surface area contributed by atoms with Crippen LogP contribution in [-0.2, 0) is 9.47 Å². The number of hydrogen-bond donors (Lipinski definition) is 0. The first-order valence-electron chi connectivity index (χ1n) is 5.75. The van der Waals surface area contributed by atoms with Crippen LogP contribution in [0.1, 0.15) is 27.7 Å². The number of ether oxygens (including phenoxy) is 2. The highest BCUT2D eigenvalue weighted by Gasteiger charge is 2.19. The zero-order valence-electron chi connectivity index (χ0n) is 11.4. The predicted molar refractivity (Wildman–Crippen MR) is 65.9 cm³/mol. The summed E-state index contributed by atoms with van der Waals surface area (Å²) in [4.78, 5) is 0. The molecule has 1 heterocycles. The van der Waals surface area contributed by atoms with Crippen molar-refractivity contribution in [3.05, 3.63) is 0 Å². The van der Waals surface area contributed by atoms with E-state index in [1.54, 1.807) is 27.7 Å². The molecular formula is C12H20N4O2. The Balaban J connectivity index is 0.000000397. The van der Waals surface area contributed by atoms with E-state index in [0.717, 1.165) is 26.4 Å². The van der Waals surface area contributed by atoms with Gasteiger partial charge < -0.3 is 9.47 Å². The number of azo groups is 1. The van der Waals surface area contributed by atoms with Gasteiger partial charge in [0.15, 0.2) is 11.1 Å². The van der Waals surface area contributed by atoms with Crippen LogP contribution in [0.5, 0.6) is 0 Å². The SMILES string of the molecule is C1COCCO1.CC(C)(C#N)/N=N/C(C)(C)C#N. The van der Waals surface area contributed by atoms with Crippen LogP contribution in [-0.4, -0.2) is 37.5 Å². The van der Waals surface area contributed by atoms with Crippen LogP contribution in [0.4, 0.5) is 0 Å². The van der Waals surface area contributed by atoms with Gasteiger partial charge in [-0.25, -0.2) is 0 Å². The number of nitrogens with zero attached hydrogens (tertiary/aromatic N) is 4. The third kappa shape index (κ3) is 8.63. The van der Waals surface area contributed by atoms with Gasteiger partial charge in [-0.3, -0.25) is 0 Å². The van der Waals surface area contributed by atoms with Crippen molar-refractivity contribution in [3.63, 3.8) is 0 Å². The molecule has 18 heavy (non-hydrogen) atoms. The highest BCUT2D eigenvalue weighted by molar-refractivity contribution is 5.03. The lowest BCUT2D eigenvalue weighted by atomic mass is 10.1. The second-order valence-corrected chi connectivity index (χ2v) is 4.77. The van der Waals surface area contributed by atoms with Gasteiger partial charge in [0.2, 0.25) is 0 Å². The maximum absolute atomic E-state index is 8.58. The molecule has 1 saturated heterocycles. The van der Waals surface area contributed by atoms with Crippen molar-refractivity contribution in [2.45, 2.75) is 38.8 Å². The summed E-state index contributed by atoms with van der Waals surface area (Å²) in [7, 11) is 0. The molecular weight excluding hydrogens is 232 g/mol. The van der Waals surface area contributed by atoms with E-state index in [0.29, 0.717) is 0 Å².